The van der Waals surface area contributed by atoms with E-state index in [-0.39, 0.29) is 5.91 Å². The predicted octanol–water partition coefficient (Wildman–Crippen LogP) is 3.48. The van der Waals surface area contributed by atoms with Crippen molar-refractivity contribution in [1.82, 2.24) is 19.7 Å². The van der Waals surface area contributed by atoms with Crippen LogP contribution in [0.2, 0.25) is 0 Å². The van der Waals surface area contributed by atoms with Crippen LogP contribution in [-0.4, -0.2) is 32.1 Å². The van der Waals surface area contributed by atoms with Crippen LogP contribution in [0.1, 0.15) is 26.6 Å². The topological polar surface area (TPSA) is 51.0 Å². The highest BCUT2D eigenvalue weighted by atomic mass is 32.1. The molecule has 0 unspecified atom stereocenters. The number of thiophene rings is 1. The van der Waals surface area contributed by atoms with Gasteiger partial charge in [-0.05, 0) is 31.4 Å². The van der Waals surface area contributed by atoms with E-state index >= 15 is 0 Å². The maximum absolute atomic E-state index is 13.2. The number of hydrogen-bond donors (Lipinski definition) is 0. The maximum atomic E-state index is 13.2. The summed E-state index contributed by atoms with van der Waals surface area (Å²) in [4.78, 5) is 20.7. The van der Waals surface area contributed by atoms with Gasteiger partial charge in [0.25, 0.3) is 5.91 Å². The fraction of sp³-hybridized carbons (Fsp3) is 0.278. The van der Waals surface area contributed by atoms with Gasteiger partial charge in [-0.2, -0.15) is 5.10 Å². The van der Waals surface area contributed by atoms with Gasteiger partial charge in [0, 0.05) is 24.2 Å². The standard InChI is InChI=1S/C18H20N4OS/c1-5-8-22(11-14-7-6-9-24-14)18(23)15-10-12(2)19-17-16(15)13(3)20-21(17)4/h5-7,9-10H,1,8,11H2,2-4H3. The van der Waals surface area contributed by atoms with Crippen LogP contribution in [-0.2, 0) is 13.6 Å². The van der Waals surface area contributed by atoms with Crippen molar-refractivity contribution in [3.05, 3.63) is 58.1 Å². The lowest BCUT2D eigenvalue weighted by Gasteiger charge is -2.21. The van der Waals surface area contributed by atoms with Gasteiger partial charge >= 0.3 is 0 Å². The van der Waals surface area contributed by atoms with E-state index in [9.17, 15) is 4.79 Å². The molecular weight excluding hydrogens is 320 g/mol. The van der Waals surface area contributed by atoms with E-state index in [1.165, 1.54) is 0 Å². The van der Waals surface area contributed by atoms with Crippen LogP contribution in [0.3, 0.4) is 0 Å². The summed E-state index contributed by atoms with van der Waals surface area (Å²) in [5.74, 6) is -0.0186. The molecule has 1 amide bonds. The first-order valence-electron chi connectivity index (χ1n) is 7.74. The van der Waals surface area contributed by atoms with Gasteiger partial charge in [-0.25, -0.2) is 4.98 Å². The average molecular weight is 340 g/mol. The minimum absolute atomic E-state index is 0.0186. The van der Waals surface area contributed by atoms with E-state index in [4.69, 9.17) is 0 Å². The highest BCUT2D eigenvalue weighted by molar-refractivity contribution is 7.09. The molecule has 0 aliphatic rings. The summed E-state index contributed by atoms with van der Waals surface area (Å²) in [7, 11) is 1.85. The second-order valence-corrected chi connectivity index (χ2v) is 6.80. The van der Waals surface area contributed by atoms with E-state index in [1.54, 1.807) is 27.0 Å². The van der Waals surface area contributed by atoms with E-state index in [1.807, 2.05) is 44.5 Å². The molecule has 6 heteroatoms. The fourth-order valence-electron chi connectivity index (χ4n) is 2.87. The van der Waals surface area contributed by atoms with Crippen LogP contribution >= 0.6 is 11.3 Å². The monoisotopic (exact) mass is 340 g/mol. The number of fused-ring (bicyclic) bond motifs is 1. The summed E-state index contributed by atoms with van der Waals surface area (Å²) in [6.07, 6.45) is 1.76. The third-order valence-electron chi connectivity index (χ3n) is 3.89. The minimum Gasteiger partial charge on any atom is -0.330 e. The average Bonchev–Trinajstić information content (AvgIpc) is 3.14. The molecule has 0 aromatic carbocycles. The summed E-state index contributed by atoms with van der Waals surface area (Å²) in [5.41, 5.74) is 3.02. The van der Waals surface area contributed by atoms with Gasteiger partial charge in [0.2, 0.25) is 0 Å². The largest absolute Gasteiger partial charge is 0.330 e. The number of carbonyl (C=O) groups is 1. The van der Waals surface area contributed by atoms with Crippen molar-refractivity contribution in [2.24, 2.45) is 7.05 Å². The molecule has 0 bridgehead atoms. The van der Waals surface area contributed by atoms with Crippen LogP contribution in [0.5, 0.6) is 0 Å². The summed E-state index contributed by atoms with van der Waals surface area (Å²) in [5, 5.41) is 7.27. The first-order valence-corrected chi connectivity index (χ1v) is 8.62. The molecule has 0 aliphatic heterocycles. The van der Waals surface area contributed by atoms with Crippen molar-refractivity contribution in [3.8, 4) is 0 Å². The Kier molecular flexibility index (Phi) is 4.49. The molecule has 3 rings (SSSR count). The molecule has 0 saturated heterocycles. The minimum atomic E-state index is -0.0186. The number of nitrogens with zero attached hydrogens (tertiary/aromatic N) is 4. The summed E-state index contributed by atoms with van der Waals surface area (Å²) in [6, 6.07) is 5.89. The van der Waals surface area contributed by atoms with Gasteiger partial charge in [-0.1, -0.05) is 12.1 Å². The summed E-state index contributed by atoms with van der Waals surface area (Å²) < 4.78 is 1.73. The number of pyridine rings is 1. The van der Waals surface area contributed by atoms with Crippen molar-refractivity contribution in [1.29, 1.82) is 0 Å². The van der Waals surface area contributed by atoms with Gasteiger partial charge in [0.05, 0.1) is 23.2 Å². The summed E-state index contributed by atoms with van der Waals surface area (Å²) in [6.45, 7) is 8.67. The zero-order valence-electron chi connectivity index (χ0n) is 14.1. The second-order valence-electron chi connectivity index (χ2n) is 5.77. The lowest BCUT2D eigenvalue weighted by atomic mass is 10.1. The molecule has 3 heterocycles. The number of aromatic nitrogens is 3. The van der Waals surface area contributed by atoms with Crippen LogP contribution in [0, 0.1) is 13.8 Å². The Bertz CT molecular complexity index is 896. The molecule has 0 fully saturated rings. The summed E-state index contributed by atoms with van der Waals surface area (Å²) >= 11 is 1.65. The molecule has 0 atom stereocenters. The Hall–Kier alpha value is -2.47. The van der Waals surface area contributed by atoms with E-state index in [0.717, 1.165) is 27.3 Å². The zero-order valence-corrected chi connectivity index (χ0v) is 14.9. The van der Waals surface area contributed by atoms with Crippen LogP contribution in [0.4, 0.5) is 0 Å². The number of aryl methyl sites for hydroxylation is 3. The van der Waals surface area contributed by atoms with Crippen molar-refractivity contribution in [3.63, 3.8) is 0 Å². The van der Waals surface area contributed by atoms with Gasteiger partial charge in [0.15, 0.2) is 5.65 Å². The second kappa shape index (κ2) is 6.57. The van der Waals surface area contributed by atoms with E-state index < -0.39 is 0 Å². The van der Waals surface area contributed by atoms with Gasteiger partial charge in [-0.3, -0.25) is 9.48 Å². The van der Waals surface area contributed by atoms with Gasteiger partial charge in [0.1, 0.15) is 0 Å². The third-order valence-corrected chi connectivity index (χ3v) is 4.75. The molecule has 0 N–H and O–H groups in total. The van der Waals surface area contributed by atoms with Gasteiger partial charge < -0.3 is 4.90 Å². The van der Waals surface area contributed by atoms with Gasteiger partial charge in [-0.15, -0.1) is 17.9 Å². The van der Waals surface area contributed by atoms with Crippen molar-refractivity contribution in [2.45, 2.75) is 20.4 Å². The molecule has 0 spiro atoms. The quantitative estimate of drug-likeness (QED) is 0.668. The fourth-order valence-corrected chi connectivity index (χ4v) is 3.59. The molecule has 0 radical (unpaired) electrons. The Morgan fingerprint density at radius 3 is 2.92 bits per heavy atom. The molecule has 5 nitrogen and oxygen atoms in total. The van der Waals surface area contributed by atoms with Crippen molar-refractivity contribution >= 4 is 28.3 Å². The molecule has 3 aromatic rings. The molecule has 0 aliphatic carbocycles. The molecule has 24 heavy (non-hydrogen) atoms. The number of hydrogen-bond acceptors (Lipinski definition) is 4. The smallest absolute Gasteiger partial charge is 0.255 e. The Morgan fingerprint density at radius 2 is 2.25 bits per heavy atom. The van der Waals surface area contributed by atoms with E-state index in [2.05, 4.69) is 16.7 Å². The molecule has 3 aromatic heterocycles. The predicted molar refractivity (Wildman–Crippen MR) is 97.2 cm³/mol. The van der Waals surface area contributed by atoms with Crippen LogP contribution < -0.4 is 0 Å². The molecule has 0 saturated carbocycles. The number of amides is 1. The first-order chi connectivity index (χ1) is 11.5. The SMILES string of the molecule is C=CCN(Cc1cccs1)C(=O)c1cc(C)nc2c1c(C)nn2C. The first kappa shape index (κ1) is 16.4. The molecule has 124 valence electrons. The molecular formula is C18H20N4OS. The number of carbonyl (C=O) groups excluding carboxylic acids is 1. The highest BCUT2D eigenvalue weighted by Crippen LogP contribution is 2.24. The lowest BCUT2D eigenvalue weighted by molar-refractivity contribution is 0.0766. The lowest BCUT2D eigenvalue weighted by Crippen LogP contribution is -2.30. The van der Waals surface area contributed by atoms with Crippen molar-refractivity contribution < 1.29 is 4.79 Å². The normalized spacial score (nSPS) is 11.0. The Labute approximate surface area is 145 Å². The Balaban J connectivity index is 2.06. The maximum Gasteiger partial charge on any atom is 0.255 e. The van der Waals surface area contributed by atoms with Crippen molar-refractivity contribution in [2.75, 3.05) is 6.54 Å². The number of rotatable bonds is 5. The third kappa shape index (κ3) is 2.97. The van der Waals surface area contributed by atoms with Crippen LogP contribution in [0.25, 0.3) is 11.0 Å². The van der Waals surface area contributed by atoms with E-state index in [0.29, 0.717) is 18.7 Å². The zero-order chi connectivity index (χ0) is 17.3. The highest BCUT2D eigenvalue weighted by Gasteiger charge is 2.22. The van der Waals surface area contributed by atoms with Crippen LogP contribution in [0.15, 0.2) is 36.2 Å². The Morgan fingerprint density at radius 1 is 1.46 bits per heavy atom.